The fraction of sp³-hybridized carbons (Fsp3) is 0.600. The van der Waals surface area contributed by atoms with Gasteiger partial charge in [-0.05, 0) is 43.5 Å². The summed E-state index contributed by atoms with van der Waals surface area (Å²) in [6.45, 7) is 6.07. The van der Waals surface area contributed by atoms with Crippen molar-refractivity contribution in [3.8, 4) is 0 Å². The van der Waals surface area contributed by atoms with E-state index in [2.05, 4.69) is 41.8 Å². The first-order valence-electron chi connectivity index (χ1n) is 6.96. The van der Waals surface area contributed by atoms with Crippen LogP contribution in [0.1, 0.15) is 25.3 Å². The Morgan fingerprint density at radius 3 is 3.11 bits per heavy atom. The molecule has 2 nitrogen and oxygen atoms in total. The summed E-state index contributed by atoms with van der Waals surface area (Å²) in [5, 5.41) is 0.853. The zero-order valence-corrected chi connectivity index (χ0v) is 12.1. The summed E-state index contributed by atoms with van der Waals surface area (Å²) >= 11 is 2.14. The van der Waals surface area contributed by atoms with E-state index in [-0.39, 0.29) is 0 Å². The van der Waals surface area contributed by atoms with Gasteiger partial charge in [-0.2, -0.15) is 11.8 Å². The predicted molar refractivity (Wildman–Crippen MR) is 82.2 cm³/mol. The smallest absolute Gasteiger partial charge is 0.0316 e. The van der Waals surface area contributed by atoms with E-state index in [0.29, 0.717) is 0 Å². The molecule has 100 valence electrons. The zero-order valence-electron chi connectivity index (χ0n) is 11.3. The summed E-state index contributed by atoms with van der Waals surface area (Å²) in [5.74, 6) is 1.30. The van der Waals surface area contributed by atoms with Gasteiger partial charge < -0.3 is 10.6 Å². The second-order valence-corrected chi connectivity index (χ2v) is 6.46. The molecule has 0 amide bonds. The largest absolute Gasteiger partial charge is 0.399 e. The second-order valence-electron chi connectivity index (χ2n) is 5.05. The Kier molecular flexibility index (Phi) is 5.39. The fourth-order valence-corrected chi connectivity index (χ4v) is 3.73. The lowest BCUT2D eigenvalue weighted by atomic mass is 10.1. The number of nitrogens with zero attached hydrogens (tertiary/aromatic N) is 1. The molecule has 1 saturated heterocycles. The SMILES string of the molecule is CCC1CN(CCCc2cccc(N)c2)CCS1. The van der Waals surface area contributed by atoms with Gasteiger partial charge in [-0.25, -0.2) is 0 Å². The van der Waals surface area contributed by atoms with Gasteiger partial charge in [0.15, 0.2) is 0 Å². The van der Waals surface area contributed by atoms with Crippen LogP contribution in [-0.4, -0.2) is 35.5 Å². The first kappa shape index (κ1) is 13.8. The lowest BCUT2D eigenvalue weighted by molar-refractivity contribution is 0.278. The van der Waals surface area contributed by atoms with Crippen molar-refractivity contribution in [2.75, 3.05) is 31.1 Å². The van der Waals surface area contributed by atoms with Crippen LogP contribution >= 0.6 is 11.8 Å². The minimum absolute atomic E-state index is 0.853. The Bertz CT molecular complexity index is 367. The molecule has 0 bridgehead atoms. The number of anilines is 1. The third kappa shape index (κ3) is 4.21. The Morgan fingerprint density at radius 2 is 2.33 bits per heavy atom. The highest BCUT2D eigenvalue weighted by Gasteiger charge is 2.17. The molecule has 0 saturated carbocycles. The van der Waals surface area contributed by atoms with E-state index in [0.717, 1.165) is 17.4 Å². The standard InChI is InChI=1S/C15H24N2S/c1-2-15-12-17(9-10-18-15)8-4-6-13-5-3-7-14(16)11-13/h3,5,7,11,15H,2,4,6,8-10,12,16H2,1H3. The van der Waals surface area contributed by atoms with E-state index in [1.54, 1.807) is 0 Å². The molecule has 1 unspecified atom stereocenters. The molecule has 1 aromatic carbocycles. The summed E-state index contributed by atoms with van der Waals surface area (Å²) in [7, 11) is 0. The van der Waals surface area contributed by atoms with Crippen LogP contribution in [0.2, 0.25) is 0 Å². The van der Waals surface area contributed by atoms with E-state index in [1.165, 1.54) is 43.8 Å². The van der Waals surface area contributed by atoms with Crippen LogP contribution in [0.5, 0.6) is 0 Å². The fourth-order valence-electron chi connectivity index (χ4n) is 2.49. The quantitative estimate of drug-likeness (QED) is 0.829. The molecule has 1 aromatic rings. The lowest BCUT2D eigenvalue weighted by Gasteiger charge is -2.31. The molecule has 0 aliphatic carbocycles. The maximum atomic E-state index is 5.80. The minimum Gasteiger partial charge on any atom is -0.399 e. The van der Waals surface area contributed by atoms with Crippen molar-refractivity contribution < 1.29 is 0 Å². The molecule has 2 N–H and O–H groups in total. The Hall–Kier alpha value is -0.670. The molecule has 18 heavy (non-hydrogen) atoms. The molecule has 1 aliphatic rings. The van der Waals surface area contributed by atoms with Crippen LogP contribution in [0.15, 0.2) is 24.3 Å². The Balaban J connectivity index is 1.72. The van der Waals surface area contributed by atoms with E-state index < -0.39 is 0 Å². The summed E-state index contributed by atoms with van der Waals surface area (Å²) in [6, 6.07) is 8.28. The minimum atomic E-state index is 0.853. The molecule has 0 radical (unpaired) electrons. The molecular formula is C15H24N2S. The van der Waals surface area contributed by atoms with Crippen LogP contribution in [-0.2, 0) is 6.42 Å². The van der Waals surface area contributed by atoms with Gasteiger partial charge in [-0.15, -0.1) is 0 Å². The first-order chi connectivity index (χ1) is 8.78. The lowest BCUT2D eigenvalue weighted by Crippen LogP contribution is -2.38. The summed E-state index contributed by atoms with van der Waals surface area (Å²) in [4.78, 5) is 2.62. The molecule has 2 rings (SSSR count). The number of hydrogen-bond donors (Lipinski definition) is 1. The predicted octanol–water partition coefficient (Wildman–Crippen LogP) is 3.03. The normalized spacial score (nSPS) is 21.1. The van der Waals surface area contributed by atoms with Crippen molar-refractivity contribution in [3.63, 3.8) is 0 Å². The Morgan fingerprint density at radius 1 is 1.44 bits per heavy atom. The highest BCUT2D eigenvalue weighted by atomic mass is 32.2. The van der Waals surface area contributed by atoms with Gasteiger partial charge in [-0.1, -0.05) is 19.1 Å². The van der Waals surface area contributed by atoms with Crippen molar-refractivity contribution in [2.45, 2.75) is 31.4 Å². The zero-order chi connectivity index (χ0) is 12.8. The number of nitrogen functional groups attached to an aromatic ring is 1. The molecule has 0 spiro atoms. The number of aryl methyl sites for hydroxylation is 1. The van der Waals surface area contributed by atoms with E-state index in [1.807, 2.05) is 6.07 Å². The van der Waals surface area contributed by atoms with Gasteiger partial charge in [0, 0.05) is 29.8 Å². The van der Waals surface area contributed by atoms with Gasteiger partial charge in [0.2, 0.25) is 0 Å². The number of rotatable bonds is 5. The molecule has 1 heterocycles. The first-order valence-corrected chi connectivity index (χ1v) is 8.01. The molecule has 1 atom stereocenters. The average molecular weight is 264 g/mol. The summed E-state index contributed by atoms with van der Waals surface area (Å²) in [6.07, 6.45) is 3.69. The number of nitrogens with two attached hydrogens (primary N) is 1. The van der Waals surface area contributed by atoms with Crippen molar-refractivity contribution in [1.82, 2.24) is 4.90 Å². The number of thioether (sulfide) groups is 1. The number of benzene rings is 1. The van der Waals surface area contributed by atoms with Crippen LogP contribution in [0, 0.1) is 0 Å². The number of hydrogen-bond acceptors (Lipinski definition) is 3. The topological polar surface area (TPSA) is 29.3 Å². The van der Waals surface area contributed by atoms with E-state index in [4.69, 9.17) is 5.73 Å². The van der Waals surface area contributed by atoms with Gasteiger partial charge in [0.1, 0.15) is 0 Å². The highest BCUT2D eigenvalue weighted by molar-refractivity contribution is 8.00. The molecule has 0 aromatic heterocycles. The average Bonchev–Trinajstić information content (AvgIpc) is 2.39. The highest BCUT2D eigenvalue weighted by Crippen LogP contribution is 2.21. The van der Waals surface area contributed by atoms with Gasteiger partial charge in [0.25, 0.3) is 0 Å². The molecule has 1 aliphatic heterocycles. The van der Waals surface area contributed by atoms with Crippen molar-refractivity contribution in [1.29, 1.82) is 0 Å². The van der Waals surface area contributed by atoms with E-state index in [9.17, 15) is 0 Å². The maximum Gasteiger partial charge on any atom is 0.0316 e. The van der Waals surface area contributed by atoms with Crippen molar-refractivity contribution in [3.05, 3.63) is 29.8 Å². The van der Waals surface area contributed by atoms with Crippen LogP contribution in [0.3, 0.4) is 0 Å². The Labute approximate surface area is 115 Å². The third-order valence-electron chi connectivity index (χ3n) is 3.57. The summed E-state index contributed by atoms with van der Waals surface area (Å²) < 4.78 is 0. The molecular weight excluding hydrogens is 240 g/mol. The maximum absolute atomic E-state index is 5.80. The van der Waals surface area contributed by atoms with Gasteiger partial charge >= 0.3 is 0 Å². The van der Waals surface area contributed by atoms with Crippen LogP contribution in [0.4, 0.5) is 5.69 Å². The summed E-state index contributed by atoms with van der Waals surface area (Å²) in [5.41, 5.74) is 8.05. The van der Waals surface area contributed by atoms with Crippen LogP contribution in [0.25, 0.3) is 0 Å². The van der Waals surface area contributed by atoms with Crippen molar-refractivity contribution >= 4 is 17.4 Å². The second kappa shape index (κ2) is 7.05. The van der Waals surface area contributed by atoms with Crippen molar-refractivity contribution in [2.24, 2.45) is 0 Å². The van der Waals surface area contributed by atoms with Gasteiger partial charge in [-0.3, -0.25) is 0 Å². The monoisotopic (exact) mass is 264 g/mol. The van der Waals surface area contributed by atoms with Gasteiger partial charge in [0.05, 0.1) is 0 Å². The van der Waals surface area contributed by atoms with Crippen LogP contribution < -0.4 is 5.73 Å². The molecule has 3 heteroatoms. The molecule has 1 fully saturated rings. The van der Waals surface area contributed by atoms with E-state index >= 15 is 0 Å². The third-order valence-corrected chi connectivity index (χ3v) is 4.94.